The number of rotatable bonds is 0. The molecule has 0 aliphatic heterocycles. The molecule has 4 heavy (non-hydrogen) atoms. The summed E-state index contributed by atoms with van der Waals surface area (Å²) in [5, 5.41) is 0. The molecule has 0 N–H and O–H groups in total. The third kappa shape index (κ3) is 8.82. The van der Waals surface area contributed by atoms with Crippen LogP contribution in [0.2, 0.25) is 0 Å². The standard InChI is InChI=1S/Ag.Ga.In.H2S.6H/h;;;1H2;;;;;;. The Morgan fingerprint density at radius 2 is 1.00 bits per heavy atom. The maximum absolute atomic E-state index is 0. The van der Waals surface area contributed by atoms with E-state index in [2.05, 4.69) is 0 Å². The van der Waals surface area contributed by atoms with Gasteiger partial charge < -0.3 is 0 Å². The normalized spacial score (nSPS) is 0. The summed E-state index contributed by atoms with van der Waals surface area (Å²) in [6, 6.07) is 0. The molecule has 0 fully saturated rings. The Morgan fingerprint density at radius 1 is 1.00 bits per heavy atom. The van der Waals surface area contributed by atoms with Crippen molar-refractivity contribution in [2.45, 2.75) is 0 Å². The molecule has 0 aromatic carbocycles. The van der Waals surface area contributed by atoms with Crippen molar-refractivity contribution in [3.05, 3.63) is 0 Å². The molecule has 0 saturated carbocycles. The fourth-order valence-electron chi connectivity index (χ4n) is 0. The molecule has 0 rings (SSSR count). The minimum absolute atomic E-state index is 0. The second-order valence-electron chi connectivity index (χ2n) is 0. The van der Waals surface area contributed by atoms with Crippen LogP contribution in [0.3, 0.4) is 0 Å². The van der Waals surface area contributed by atoms with E-state index >= 15 is 0 Å². The van der Waals surface area contributed by atoms with Gasteiger partial charge in [-0.05, 0) is 0 Å². The Kier molecular flexibility index (Phi) is 134. The van der Waals surface area contributed by atoms with Crippen LogP contribution < -0.4 is 0 Å². The summed E-state index contributed by atoms with van der Waals surface area (Å²) in [7, 11) is 0. The third-order valence-corrected chi connectivity index (χ3v) is 0. The topological polar surface area (TPSA) is 0 Å². The van der Waals surface area contributed by atoms with Crippen molar-refractivity contribution in [1.29, 1.82) is 0 Å². The van der Waals surface area contributed by atoms with Crippen LogP contribution >= 0.6 is 13.5 Å². The minimum atomic E-state index is 0. The van der Waals surface area contributed by atoms with Crippen molar-refractivity contribution in [2.75, 3.05) is 0 Å². The summed E-state index contributed by atoms with van der Waals surface area (Å²) in [6.45, 7) is 0. The molecule has 0 saturated heterocycles. The zero-order valence-corrected chi connectivity index (χ0v) is 3.28. The molecular weight excluding hydrogens is 324 g/mol. The number of hydrogen-bond acceptors (Lipinski definition) is 0. The average Bonchev–Trinajstić information content (AvgIpc) is 0. The third-order valence-electron chi connectivity index (χ3n) is 0. The van der Waals surface area contributed by atoms with Crippen molar-refractivity contribution < 1.29 is 22.4 Å². The molecule has 0 aliphatic rings. The molecule has 0 aliphatic carbocycles. The summed E-state index contributed by atoms with van der Waals surface area (Å²) in [5.41, 5.74) is 0. The maximum atomic E-state index is 0. The molecule has 31 valence electrons. The zero-order chi connectivity index (χ0) is 0. The van der Waals surface area contributed by atoms with E-state index in [0.29, 0.717) is 0 Å². The van der Waals surface area contributed by atoms with Gasteiger partial charge in [-0.3, -0.25) is 0 Å². The van der Waals surface area contributed by atoms with Gasteiger partial charge in [0.05, 0.1) is 0 Å². The van der Waals surface area contributed by atoms with Gasteiger partial charge >= 0.3 is 45.6 Å². The van der Waals surface area contributed by atoms with Crippen LogP contribution in [0.25, 0.3) is 0 Å². The van der Waals surface area contributed by atoms with Gasteiger partial charge in [0, 0.05) is 22.4 Å². The molecule has 0 amide bonds. The average molecular weight is 333 g/mol. The Labute approximate surface area is 80.3 Å². The van der Waals surface area contributed by atoms with Crippen LogP contribution in [-0.4, -0.2) is 45.6 Å². The van der Waals surface area contributed by atoms with Crippen molar-refractivity contribution in [3.63, 3.8) is 0 Å². The van der Waals surface area contributed by atoms with Crippen LogP contribution in [-0.2, 0) is 22.4 Å². The van der Waals surface area contributed by atoms with Crippen molar-refractivity contribution in [2.24, 2.45) is 0 Å². The van der Waals surface area contributed by atoms with Gasteiger partial charge in [-0.25, -0.2) is 0 Å². The second-order valence-corrected chi connectivity index (χ2v) is 0. The zero-order valence-electron chi connectivity index (χ0n) is 0.802. The van der Waals surface area contributed by atoms with Crippen molar-refractivity contribution >= 4 is 59.1 Å². The van der Waals surface area contributed by atoms with E-state index in [1.54, 1.807) is 0 Å². The van der Waals surface area contributed by atoms with E-state index in [4.69, 9.17) is 0 Å². The monoisotopic (exact) mass is 331 g/mol. The Morgan fingerprint density at radius 3 is 1.00 bits per heavy atom. The van der Waals surface area contributed by atoms with Crippen LogP contribution in [0, 0.1) is 0 Å². The fourth-order valence-corrected chi connectivity index (χ4v) is 0. The molecule has 0 heterocycles. The van der Waals surface area contributed by atoms with Crippen molar-refractivity contribution in [1.82, 2.24) is 0 Å². The summed E-state index contributed by atoms with van der Waals surface area (Å²) in [4.78, 5) is 0. The van der Waals surface area contributed by atoms with Gasteiger partial charge in [0.1, 0.15) is 0 Å². The summed E-state index contributed by atoms with van der Waals surface area (Å²) in [5.74, 6) is 0. The Balaban J connectivity index is 0. The predicted octanol–water partition coefficient (Wildman–Crippen LogP) is -2.26. The molecular formula is H8AgGaInS. The van der Waals surface area contributed by atoms with E-state index < -0.39 is 0 Å². The van der Waals surface area contributed by atoms with Gasteiger partial charge in [0.2, 0.25) is 0 Å². The SMILES string of the molecule is S.[Ag].[GaH3].[InH3]. The molecule has 0 nitrogen and oxygen atoms in total. The van der Waals surface area contributed by atoms with Gasteiger partial charge in [0.15, 0.2) is 0 Å². The molecule has 0 unspecified atom stereocenters. The van der Waals surface area contributed by atoms with Crippen molar-refractivity contribution in [3.8, 4) is 0 Å². The van der Waals surface area contributed by atoms with Gasteiger partial charge in [-0.15, -0.1) is 0 Å². The fraction of sp³-hybridized carbons (Fsp3) is 0. The van der Waals surface area contributed by atoms with E-state index in [1.807, 2.05) is 0 Å². The second kappa shape index (κ2) is 17.5. The van der Waals surface area contributed by atoms with E-state index in [0.717, 1.165) is 0 Å². The quantitative estimate of drug-likeness (QED) is 0.440. The van der Waals surface area contributed by atoms with Crippen LogP contribution in [0.15, 0.2) is 0 Å². The van der Waals surface area contributed by atoms with Gasteiger partial charge in [-0.2, -0.15) is 13.5 Å². The van der Waals surface area contributed by atoms with Crippen LogP contribution in [0.1, 0.15) is 0 Å². The Bertz CT molecular complexity index is 8.00. The summed E-state index contributed by atoms with van der Waals surface area (Å²) < 4.78 is 0. The first-order valence-electron chi connectivity index (χ1n) is 0. The van der Waals surface area contributed by atoms with Crippen LogP contribution in [0.5, 0.6) is 0 Å². The Hall–Kier alpha value is 2.60. The summed E-state index contributed by atoms with van der Waals surface area (Å²) in [6.07, 6.45) is 0. The molecule has 0 aromatic heterocycles. The molecule has 0 bridgehead atoms. The molecule has 0 aromatic rings. The van der Waals surface area contributed by atoms with Gasteiger partial charge in [0.25, 0.3) is 0 Å². The number of hydrogen-bond donors (Lipinski definition) is 0. The van der Waals surface area contributed by atoms with E-state index in [-0.39, 0.29) is 81.5 Å². The molecule has 0 atom stereocenters. The molecule has 1 radical (unpaired) electrons. The first-order valence-corrected chi connectivity index (χ1v) is 0. The van der Waals surface area contributed by atoms with E-state index in [1.165, 1.54) is 0 Å². The molecule has 4 heteroatoms. The first-order chi connectivity index (χ1) is 0. The molecule has 0 spiro atoms. The first kappa shape index (κ1) is 30.6. The van der Waals surface area contributed by atoms with Gasteiger partial charge in [-0.1, -0.05) is 0 Å². The predicted molar refractivity (Wildman–Crippen MR) is 30.3 cm³/mol. The van der Waals surface area contributed by atoms with E-state index in [9.17, 15) is 0 Å². The summed E-state index contributed by atoms with van der Waals surface area (Å²) >= 11 is 0. The van der Waals surface area contributed by atoms with Crippen LogP contribution in [0.4, 0.5) is 0 Å².